The molecule has 0 radical (unpaired) electrons. The zero-order valence-electron chi connectivity index (χ0n) is 17.0. The summed E-state index contributed by atoms with van der Waals surface area (Å²) in [6.07, 6.45) is 8.03. The maximum atomic E-state index is 9.48. The molecule has 1 aliphatic heterocycles. The first-order chi connectivity index (χ1) is 14.3. The average molecular weight is 392 g/mol. The van der Waals surface area contributed by atoms with E-state index in [2.05, 4.69) is 40.3 Å². The summed E-state index contributed by atoms with van der Waals surface area (Å²) >= 11 is 0. The van der Waals surface area contributed by atoms with Gasteiger partial charge in [-0.25, -0.2) is 4.98 Å². The summed E-state index contributed by atoms with van der Waals surface area (Å²) in [4.78, 5) is 16.5. The van der Waals surface area contributed by atoms with Crippen molar-refractivity contribution >= 4 is 28.4 Å². The van der Waals surface area contributed by atoms with Gasteiger partial charge in [-0.1, -0.05) is 31.5 Å². The van der Waals surface area contributed by atoms with Crippen LogP contribution in [0.3, 0.4) is 0 Å². The zero-order valence-corrected chi connectivity index (χ0v) is 17.0. The first-order valence-electron chi connectivity index (χ1n) is 10.6. The van der Waals surface area contributed by atoms with Gasteiger partial charge in [0.1, 0.15) is 5.82 Å². The topological polar surface area (TPSA) is 74.2 Å². The van der Waals surface area contributed by atoms with Gasteiger partial charge in [0.05, 0.1) is 17.4 Å². The van der Waals surface area contributed by atoms with Crippen molar-refractivity contribution in [2.75, 3.05) is 23.4 Å². The summed E-state index contributed by atoms with van der Waals surface area (Å²) in [6, 6.07) is 12.6. The molecule has 1 aliphatic rings. The van der Waals surface area contributed by atoms with E-state index in [1.54, 1.807) is 0 Å². The van der Waals surface area contributed by atoms with Crippen molar-refractivity contribution in [2.45, 2.75) is 51.5 Å². The van der Waals surface area contributed by atoms with Gasteiger partial charge in [-0.05, 0) is 44.2 Å². The predicted molar refractivity (Wildman–Crippen MR) is 118 cm³/mol. The second kappa shape index (κ2) is 9.18. The number of aliphatic hydroxyl groups is 1. The molecule has 1 aromatic carbocycles. The van der Waals surface area contributed by atoms with Crippen LogP contribution in [-0.4, -0.2) is 39.3 Å². The van der Waals surface area contributed by atoms with Crippen molar-refractivity contribution in [1.29, 1.82) is 0 Å². The van der Waals surface area contributed by atoms with Gasteiger partial charge in [-0.2, -0.15) is 4.98 Å². The van der Waals surface area contributed by atoms with Gasteiger partial charge in [0, 0.05) is 36.3 Å². The molecule has 6 heteroatoms. The maximum absolute atomic E-state index is 9.48. The Morgan fingerprint density at radius 3 is 2.93 bits per heavy atom. The number of hydrogen-bond donors (Lipinski definition) is 2. The Labute approximate surface area is 172 Å². The van der Waals surface area contributed by atoms with E-state index in [1.165, 1.54) is 6.42 Å². The molecule has 0 bridgehead atoms. The molecule has 0 amide bonds. The predicted octanol–water partition coefficient (Wildman–Crippen LogP) is 4.46. The van der Waals surface area contributed by atoms with E-state index < -0.39 is 0 Å². The monoisotopic (exact) mass is 391 g/mol. The van der Waals surface area contributed by atoms with E-state index in [4.69, 9.17) is 9.97 Å². The highest BCUT2D eigenvalue weighted by molar-refractivity contribution is 5.82. The standard InChI is InChI=1S/C23H29N5O/c1-2-7-18-15-22(28-12-6-5-9-20(28)11-13-29)27-23(25-18)26-19-14-17-8-3-4-10-21(17)24-16-19/h3-4,8,10,14-16,20,29H,2,5-7,9,11-13H2,1H3,(H,25,26,27). The Hall–Kier alpha value is -2.73. The second-order valence-electron chi connectivity index (χ2n) is 7.69. The number of pyridine rings is 1. The molecule has 2 aromatic heterocycles. The molecule has 1 atom stereocenters. The molecule has 1 saturated heterocycles. The van der Waals surface area contributed by atoms with E-state index in [0.717, 1.165) is 66.8 Å². The number of anilines is 3. The third-order valence-electron chi connectivity index (χ3n) is 5.50. The minimum Gasteiger partial charge on any atom is -0.396 e. The molecule has 2 N–H and O–H groups in total. The molecule has 0 spiro atoms. The zero-order chi connectivity index (χ0) is 20.1. The Morgan fingerprint density at radius 1 is 1.17 bits per heavy atom. The minimum atomic E-state index is 0.210. The van der Waals surface area contributed by atoms with Crippen LogP contribution >= 0.6 is 0 Å². The highest BCUT2D eigenvalue weighted by atomic mass is 16.3. The van der Waals surface area contributed by atoms with Gasteiger partial charge in [0.15, 0.2) is 0 Å². The van der Waals surface area contributed by atoms with Gasteiger partial charge in [0.25, 0.3) is 0 Å². The van der Waals surface area contributed by atoms with Crippen LogP contribution in [-0.2, 0) is 6.42 Å². The van der Waals surface area contributed by atoms with E-state index in [1.807, 2.05) is 24.4 Å². The summed E-state index contributed by atoms with van der Waals surface area (Å²) < 4.78 is 0. The lowest BCUT2D eigenvalue weighted by molar-refractivity contribution is 0.262. The van der Waals surface area contributed by atoms with Crippen molar-refractivity contribution in [2.24, 2.45) is 0 Å². The van der Waals surface area contributed by atoms with Crippen LogP contribution in [0.25, 0.3) is 10.9 Å². The fraction of sp³-hybridized carbons (Fsp3) is 0.435. The summed E-state index contributed by atoms with van der Waals surface area (Å²) in [5, 5.41) is 13.9. The molecular formula is C23H29N5O. The molecule has 29 heavy (non-hydrogen) atoms. The van der Waals surface area contributed by atoms with Crippen LogP contribution in [0.1, 0.15) is 44.7 Å². The average Bonchev–Trinajstić information content (AvgIpc) is 2.74. The highest BCUT2D eigenvalue weighted by Gasteiger charge is 2.24. The number of aryl methyl sites for hydroxylation is 1. The Balaban J connectivity index is 1.64. The van der Waals surface area contributed by atoms with Crippen molar-refractivity contribution in [3.8, 4) is 0 Å². The van der Waals surface area contributed by atoms with Crippen molar-refractivity contribution in [1.82, 2.24) is 15.0 Å². The van der Waals surface area contributed by atoms with Gasteiger partial charge in [0.2, 0.25) is 5.95 Å². The molecule has 6 nitrogen and oxygen atoms in total. The number of hydrogen-bond acceptors (Lipinski definition) is 6. The van der Waals surface area contributed by atoms with Crippen LogP contribution in [0.5, 0.6) is 0 Å². The first kappa shape index (κ1) is 19.6. The van der Waals surface area contributed by atoms with Crippen LogP contribution < -0.4 is 10.2 Å². The summed E-state index contributed by atoms with van der Waals surface area (Å²) in [7, 11) is 0. The lowest BCUT2D eigenvalue weighted by Crippen LogP contribution is -2.40. The molecular weight excluding hydrogens is 362 g/mol. The lowest BCUT2D eigenvalue weighted by atomic mass is 9.99. The van der Waals surface area contributed by atoms with Gasteiger partial charge >= 0.3 is 0 Å². The van der Waals surface area contributed by atoms with E-state index in [0.29, 0.717) is 12.0 Å². The normalized spacial score (nSPS) is 16.9. The fourth-order valence-electron chi connectivity index (χ4n) is 4.09. The second-order valence-corrected chi connectivity index (χ2v) is 7.69. The largest absolute Gasteiger partial charge is 0.396 e. The molecule has 0 aliphatic carbocycles. The molecule has 152 valence electrons. The van der Waals surface area contributed by atoms with E-state index >= 15 is 0 Å². The summed E-state index contributed by atoms with van der Waals surface area (Å²) in [5.74, 6) is 1.56. The fourth-order valence-corrected chi connectivity index (χ4v) is 4.09. The van der Waals surface area contributed by atoms with Crippen molar-refractivity contribution < 1.29 is 5.11 Å². The number of nitrogens with one attached hydrogen (secondary N) is 1. The molecule has 4 rings (SSSR count). The van der Waals surface area contributed by atoms with Gasteiger partial charge in [-0.15, -0.1) is 0 Å². The minimum absolute atomic E-state index is 0.210. The van der Waals surface area contributed by atoms with E-state index in [-0.39, 0.29) is 6.61 Å². The number of nitrogens with zero attached hydrogens (tertiary/aromatic N) is 4. The Kier molecular flexibility index (Phi) is 6.20. The molecule has 1 fully saturated rings. The lowest BCUT2D eigenvalue weighted by Gasteiger charge is -2.36. The van der Waals surface area contributed by atoms with E-state index in [9.17, 15) is 5.11 Å². The highest BCUT2D eigenvalue weighted by Crippen LogP contribution is 2.27. The van der Waals surface area contributed by atoms with Crippen molar-refractivity contribution in [3.05, 3.63) is 48.3 Å². The first-order valence-corrected chi connectivity index (χ1v) is 10.6. The number of fused-ring (bicyclic) bond motifs is 1. The number of aliphatic hydroxyl groups excluding tert-OH is 1. The molecule has 0 saturated carbocycles. The Morgan fingerprint density at radius 2 is 2.07 bits per heavy atom. The maximum Gasteiger partial charge on any atom is 0.229 e. The molecule has 1 unspecified atom stereocenters. The molecule has 3 aromatic rings. The van der Waals surface area contributed by atoms with Crippen LogP contribution in [0.4, 0.5) is 17.5 Å². The van der Waals surface area contributed by atoms with Gasteiger partial charge in [-0.3, -0.25) is 4.98 Å². The third kappa shape index (κ3) is 4.65. The number of rotatable bonds is 7. The van der Waals surface area contributed by atoms with Crippen LogP contribution in [0.15, 0.2) is 42.6 Å². The van der Waals surface area contributed by atoms with Crippen molar-refractivity contribution in [3.63, 3.8) is 0 Å². The summed E-state index contributed by atoms with van der Waals surface area (Å²) in [6.45, 7) is 3.35. The molecule has 3 heterocycles. The van der Waals surface area contributed by atoms with Crippen LogP contribution in [0, 0.1) is 0 Å². The number of para-hydroxylation sites is 1. The van der Waals surface area contributed by atoms with Gasteiger partial charge < -0.3 is 15.3 Å². The number of benzene rings is 1. The Bertz CT molecular complexity index is 959. The quantitative estimate of drug-likeness (QED) is 0.619. The third-order valence-corrected chi connectivity index (χ3v) is 5.50. The SMILES string of the molecule is CCCc1cc(N2CCCCC2CCO)nc(Nc2cnc3ccccc3c2)n1. The number of aromatic nitrogens is 3. The van der Waals surface area contributed by atoms with Crippen LogP contribution in [0.2, 0.25) is 0 Å². The summed E-state index contributed by atoms with van der Waals surface area (Å²) in [5.41, 5.74) is 2.90. The number of piperidine rings is 1. The smallest absolute Gasteiger partial charge is 0.229 e.